The monoisotopic (exact) mass is 408 g/mol. The molecule has 0 aliphatic heterocycles. The summed E-state index contributed by atoms with van der Waals surface area (Å²) in [6.07, 6.45) is 0. The first-order valence-electron chi connectivity index (χ1n) is 7.70. The molecule has 26 heavy (non-hydrogen) atoms. The number of anilines is 1. The summed E-state index contributed by atoms with van der Waals surface area (Å²) in [4.78, 5) is 16.0. The number of carbonyl (C=O) groups is 1. The predicted octanol–water partition coefficient (Wildman–Crippen LogP) is 4.16. The average molecular weight is 409 g/mol. The molecule has 3 rings (SSSR count). The molecule has 0 fully saturated rings. The first kappa shape index (κ1) is 18.6. The van der Waals surface area contributed by atoms with Crippen molar-refractivity contribution in [1.29, 1.82) is 0 Å². The second-order valence-electron chi connectivity index (χ2n) is 5.35. The fraction of sp³-hybridized carbons (Fsp3) is 0.176. The van der Waals surface area contributed by atoms with Crippen molar-refractivity contribution in [3.8, 4) is 10.6 Å². The predicted molar refractivity (Wildman–Crippen MR) is 103 cm³/mol. The second-order valence-corrected chi connectivity index (χ2v) is 9.03. The fourth-order valence-corrected chi connectivity index (χ4v) is 5.23. The lowest BCUT2D eigenvalue weighted by molar-refractivity contribution is 0.0526. The van der Waals surface area contributed by atoms with Crippen molar-refractivity contribution in [2.24, 2.45) is 0 Å². The van der Waals surface area contributed by atoms with E-state index in [0.29, 0.717) is 11.3 Å². The summed E-state index contributed by atoms with van der Waals surface area (Å²) in [6, 6.07) is 7.71. The number of aryl methyl sites for hydroxylation is 1. The molecule has 0 atom stereocenters. The zero-order chi connectivity index (χ0) is 18.7. The summed E-state index contributed by atoms with van der Waals surface area (Å²) in [6.45, 7) is 3.90. The van der Waals surface area contributed by atoms with Gasteiger partial charge in [-0.15, -0.1) is 22.7 Å². The SMILES string of the molecule is CCOC(=O)c1ccc(NS(=O)(=O)c2cc(-c3nc(C)cs3)cs2)cc1. The van der Waals surface area contributed by atoms with Crippen LogP contribution in [0, 0.1) is 6.92 Å². The maximum Gasteiger partial charge on any atom is 0.338 e. The van der Waals surface area contributed by atoms with Crippen LogP contribution >= 0.6 is 22.7 Å². The molecule has 6 nitrogen and oxygen atoms in total. The Morgan fingerprint density at radius 1 is 1.19 bits per heavy atom. The van der Waals surface area contributed by atoms with Gasteiger partial charge in [0.05, 0.1) is 12.2 Å². The Morgan fingerprint density at radius 2 is 1.92 bits per heavy atom. The van der Waals surface area contributed by atoms with Gasteiger partial charge in [0.1, 0.15) is 9.22 Å². The highest BCUT2D eigenvalue weighted by Crippen LogP contribution is 2.31. The third kappa shape index (κ3) is 4.12. The summed E-state index contributed by atoms with van der Waals surface area (Å²) in [5.41, 5.74) is 2.43. The third-order valence-corrected chi connectivity index (χ3v) is 7.18. The number of ether oxygens (including phenoxy) is 1. The van der Waals surface area contributed by atoms with Crippen molar-refractivity contribution in [3.05, 3.63) is 52.3 Å². The Balaban J connectivity index is 1.77. The molecular formula is C17H16N2O4S3. The van der Waals surface area contributed by atoms with Gasteiger partial charge in [-0.1, -0.05) is 0 Å². The van der Waals surface area contributed by atoms with Crippen molar-refractivity contribution < 1.29 is 17.9 Å². The highest BCUT2D eigenvalue weighted by molar-refractivity contribution is 7.94. The van der Waals surface area contributed by atoms with Gasteiger partial charge in [-0.2, -0.15) is 0 Å². The van der Waals surface area contributed by atoms with E-state index in [9.17, 15) is 13.2 Å². The molecule has 0 radical (unpaired) electrons. The molecule has 0 amide bonds. The van der Waals surface area contributed by atoms with Crippen molar-refractivity contribution >= 4 is 44.4 Å². The van der Waals surface area contributed by atoms with E-state index >= 15 is 0 Å². The molecular weight excluding hydrogens is 392 g/mol. The molecule has 3 aromatic rings. The van der Waals surface area contributed by atoms with Crippen LogP contribution in [-0.4, -0.2) is 26.0 Å². The van der Waals surface area contributed by atoms with E-state index in [1.165, 1.54) is 35.6 Å². The summed E-state index contributed by atoms with van der Waals surface area (Å²) >= 11 is 2.61. The van der Waals surface area contributed by atoms with Crippen LogP contribution in [0.3, 0.4) is 0 Å². The lowest BCUT2D eigenvalue weighted by Crippen LogP contribution is -2.11. The third-order valence-electron chi connectivity index (χ3n) is 3.35. The van der Waals surface area contributed by atoms with Crippen LogP contribution in [0.4, 0.5) is 5.69 Å². The molecule has 0 aliphatic carbocycles. The summed E-state index contributed by atoms with van der Waals surface area (Å²) < 4.78 is 32.8. The second kappa shape index (κ2) is 7.56. The Kier molecular flexibility index (Phi) is 5.40. The zero-order valence-corrected chi connectivity index (χ0v) is 16.5. The van der Waals surface area contributed by atoms with Gasteiger partial charge in [-0.25, -0.2) is 18.2 Å². The highest BCUT2D eigenvalue weighted by atomic mass is 32.2. The summed E-state index contributed by atoms with van der Waals surface area (Å²) in [5.74, 6) is -0.441. The van der Waals surface area contributed by atoms with Gasteiger partial charge in [0.25, 0.3) is 10.0 Å². The summed E-state index contributed by atoms with van der Waals surface area (Å²) in [7, 11) is -3.71. The average Bonchev–Trinajstić information content (AvgIpc) is 3.24. The molecule has 0 aliphatic rings. The van der Waals surface area contributed by atoms with Crippen LogP contribution in [-0.2, 0) is 14.8 Å². The molecule has 9 heteroatoms. The quantitative estimate of drug-likeness (QED) is 0.619. The van der Waals surface area contributed by atoms with Gasteiger partial charge >= 0.3 is 5.97 Å². The number of thiazole rings is 1. The molecule has 1 N–H and O–H groups in total. The number of thiophene rings is 1. The fourth-order valence-electron chi connectivity index (χ4n) is 2.15. The molecule has 0 spiro atoms. The van der Waals surface area contributed by atoms with E-state index in [1.54, 1.807) is 18.4 Å². The van der Waals surface area contributed by atoms with Crippen molar-refractivity contribution in [2.75, 3.05) is 11.3 Å². The van der Waals surface area contributed by atoms with Gasteiger partial charge in [0, 0.05) is 27.7 Å². The maximum atomic E-state index is 12.6. The Morgan fingerprint density at radius 3 is 2.54 bits per heavy atom. The minimum Gasteiger partial charge on any atom is -0.462 e. The van der Waals surface area contributed by atoms with Crippen molar-refractivity contribution in [3.63, 3.8) is 0 Å². The van der Waals surface area contributed by atoms with Gasteiger partial charge in [0.15, 0.2) is 0 Å². The van der Waals surface area contributed by atoms with Gasteiger partial charge in [-0.05, 0) is 44.2 Å². The van der Waals surface area contributed by atoms with Crippen LogP contribution in [0.25, 0.3) is 10.6 Å². The van der Waals surface area contributed by atoms with Crippen LogP contribution in [0.1, 0.15) is 23.0 Å². The minimum atomic E-state index is -3.71. The Hall–Kier alpha value is -2.23. The topological polar surface area (TPSA) is 85.4 Å². The number of aromatic nitrogens is 1. The number of esters is 1. The molecule has 2 aromatic heterocycles. The molecule has 1 aromatic carbocycles. The van der Waals surface area contributed by atoms with E-state index in [4.69, 9.17) is 4.74 Å². The van der Waals surface area contributed by atoms with Crippen LogP contribution < -0.4 is 4.72 Å². The largest absolute Gasteiger partial charge is 0.462 e. The van der Waals surface area contributed by atoms with E-state index in [1.807, 2.05) is 12.3 Å². The number of hydrogen-bond donors (Lipinski definition) is 1. The Bertz CT molecular complexity index is 1020. The molecule has 136 valence electrons. The maximum absolute atomic E-state index is 12.6. The number of sulfonamides is 1. The lowest BCUT2D eigenvalue weighted by atomic mass is 10.2. The summed E-state index contributed by atoms with van der Waals surface area (Å²) in [5, 5.41) is 4.49. The number of carbonyl (C=O) groups excluding carboxylic acids is 1. The van der Waals surface area contributed by atoms with Crippen LogP contribution in [0.5, 0.6) is 0 Å². The number of rotatable bonds is 6. The lowest BCUT2D eigenvalue weighted by Gasteiger charge is -2.07. The van der Waals surface area contributed by atoms with Gasteiger partial charge in [0.2, 0.25) is 0 Å². The molecule has 0 saturated carbocycles. The zero-order valence-electron chi connectivity index (χ0n) is 14.1. The van der Waals surface area contributed by atoms with Gasteiger partial charge < -0.3 is 4.74 Å². The van der Waals surface area contributed by atoms with E-state index < -0.39 is 16.0 Å². The van der Waals surface area contributed by atoms with Crippen LogP contribution in [0.2, 0.25) is 0 Å². The molecule has 0 bridgehead atoms. The molecule has 0 saturated heterocycles. The number of benzene rings is 1. The first-order chi connectivity index (χ1) is 12.4. The standard InChI is InChI=1S/C17H16N2O4S3/c1-3-23-17(20)12-4-6-14(7-5-12)19-26(21,22)15-8-13(10-24-15)16-18-11(2)9-25-16/h4-10,19H,3H2,1-2H3. The molecule has 0 unspecified atom stereocenters. The number of hydrogen-bond acceptors (Lipinski definition) is 7. The van der Waals surface area contributed by atoms with Crippen molar-refractivity contribution in [1.82, 2.24) is 4.98 Å². The number of nitrogens with zero attached hydrogens (tertiary/aromatic N) is 1. The minimum absolute atomic E-state index is 0.204. The van der Waals surface area contributed by atoms with E-state index in [2.05, 4.69) is 9.71 Å². The molecule has 2 heterocycles. The Labute approximate surface area is 159 Å². The number of nitrogens with one attached hydrogen (secondary N) is 1. The van der Waals surface area contributed by atoms with E-state index in [-0.39, 0.29) is 10.8 Å². The van der Waals surface area contributed by atoms with Crippen LogP contribution in [0.15, 0.2) is 45.3 Å². The van der Waals surface area contributed by atoms with E-state index in [0.717, 1.165) is 27.6 Å². The smallest absolute Gasteiger partial charge is 0.338 e. The normalized spacial score (nSPS) is 11.3. The highest BCUT2D eigenvalue weighted by Gasteiger charge is 2.18. The first-order valence-corrected chi connectivity index (χ1v) is 10.9. The van der Waals surface area contributed by atoms with Gasteiger partial charge in [-0.3, -0.25) is 4.72 Å². The van der Waals surface area contributed by atoms with Crippen molar-refractivity contribution in [2.45, 2.75) is 18.1 Å².